The summed E-state index contributed by atoms with van der Waals surface area (Å²) in [6.07, 6.45) is 5.63. The number of benzene rings is 1. The highest BCUT2D eigenvalue weighted by molar-refractivity contribution is 7.93. The van der Waals surface area contributed by atoms with Crippen molar-refractivity contribution in [2.75, 3.05) is 22.7 Å². The Labute approximate surface area is 232 Å². The number of rotatable bonds is 4. The molecule has 212 valence electrons. The van der Waals surface area contributed by atoms with E-state index in [-0.39, 0.29) is 39.9 Å². The Bertz CT molecular complexity index is 1710. The summed E-state index contributed by atoms with van der Waals surface area (Å²) in [5.41, 5.74) is 1.44. The number of amides is 1. The molecule has 4 heterocycles. The van der Waals surface area contributed by atoms with Crippen molar-refractivity contribution in [1.82, 2.24) is 24.3 Å². The van der Waals surface area contributed by atoms with Crippen LogP contribution in [0.4, 0.5) is 20.6 Å². The maximum Gasteiger partial charge on any atom is 0.410 e. The number of hydrogen-bond donors (Lipinski definition) is 1. The van der Waals surface area contributed by atoms with E-state index in [0.717, 1.165) is 6.07 Å². The number of anilines is 2. The first-order chi connectivity index (χ1) is 18.7. The molecular weight excluding hydrogens is 537 g/mol. The minimum atomic E-state index is -4.17. The van der Waals surface area contributed by atoms with Crippen LogP contribution in [0.5, 0.6) is 0 Å². The average molecular weight is 570 g/mol. The first kappa shape index (κ1) is 27.6. The summed E-state index contributed by atoms with van der Waals surface area (Å²) in [7, 11) is -4.17. The predicted molar refractivity (Wildman–Crippen MR) is 149 cm³/mol. The number of nitrogens with one attached hydrogen (secondary N) is 1. The van der Waals surface area contributed by atoms with Crippen molar-refractivity contribution in [1.29, 1.82) is 0 Å². The first-order valence-corrected chi connectivity index (χ1v) is 14.4. The standard InChI is InChI=1S/C27H32FN7O4S/c1-16-12-34-15-19(11-20(28)25(34)31-16)32-40(37,38)22-8-7-21(23-24(22)30-10-9-29-23)33-13-17(2)35(18(3)14-33)26(36)39-27(4,5)6/h7-12,15,17-18,32H,13-14H2,1-6H3/t17-,18+. The minimum Gasteiger partial charge on any atom is -0.444 e. The third-order valence-electron chi connectivity index (χ3n) is 6.60. The number of aromatic nitrogens is 4. The zero-order valence-electron chi connectivity index (χ0n) is 23.2. The van der Waals surface area contributed by atoms with E-state index in [1.807, 2.05) is 34.6 Å². The fraction of sp³-hybridized carbons (Fsp3) is 0.407. The van der Waals surface area contributed by atoms with E-state index in [4.69, 9.17) is 4.74 Å². The number of carbonyl (C=O) groups excluding carboxylic acids is 1. The summed E-state index contributed by atoms with van der Waals surface area (Å²) in [5.74, 6) is -0.651. The summed E-state index contributed by atoms with van der Waals surface area (Å²) in [6, 6.07) is 3.91. The number of fused-ring (bicyclic) bond motifs is 2. The van der Waals surface area contributed by atoms with Gasteiger partial charge in [0.15, 0.2) is 11.5 Å². The lowest BCUT2D eigenvalue weighted by molar-refractivity contribution is 0.00567. The van der Waals surface area contributed by atoms with Crippen LogP contribution in [0, 0.1) is 12.7 Å². The van der Waals surface area contributed by atoms with Gasteiger partial charge >= 0.3 is 6.09 Å². The number of hydrogen-bond acceptors (Lipinski definition) is 8. The fourth-order valence-electron chi connectivity index (χ4n) is 5.13. The van der Waals surface area contributed by atoms with Gasteiger partial charge in [0, 0.05) is 43.9 Å². The Hall–Kier alpha value is -4.00. The van der Waals surface area contributed by atoms with Crippen molar-refractivity contribution in [3.05, 3.63) is 54.5 Å². The largest absolute Gasteiger partial charge is 0.444 e. The number of nitrogens with zero attached hydrogens (tertiary/aromatic N) is 6. The van der Waals surface area contributed by atoms with Crippen LogP contribution in [0.15, 0.2) is 47.9 Å². The van der Waals surface area contributed by atoms with Crippen molar-refractivity contribution in [2.45, 2.75) is 64.1 Å². The molecule has 5 rings (SSSR count). The second kappa shape index (κ2) is 9.88. The van der Waals surface area contributed by atoms with Crippen LogP contribution in [0.3, 0.4) is 0 Å². The third kappa shape index (κ3) is 5.25. The van der Waals surface area contributed by atoms with Crippen molar-refractivity contribution in [3.8, 4) is 0 Å². The maximum atomic E-state index is 14.6. The van der Waals surface area contributed by atoms with Gasteiger partial charge in [-0.05, 0) is 53.7 Å². The van der Waals surface area contributed by atoms with Gasteiger partial charge in [0.05, 0.1) is 29.2 Å². The third-order valence-corrected chi connectivity index (χ3v) is 8.01. The Morgan fingerprint density at radius 1 is 1.07 bits per heavy atom. The number of piperazine rings is 1. The molecule has 1 fully saturated rings. The average Bonchev–Trinajstić information content (AvgIpc) is 3.22. The molecule has 0 aliphatic carbocycles. The van der Waals surface area contributed by atoms with Gasteiger partial charge in [-0.2, -0.15) is 0 Å². The van der Waals surface area contributed by atoms with Crippen LogP contribution < -0.4 is 9.62 Å². The normalized spacial score (nSPS) is 18.4. The SMILES string of the molecule is Cc1cn2cc(NS(=O)(=O)c3ccc(N4C[C@@H](C)N(C(=O)OC(C)(C)C)[C@@H](C)C4)c4nccnc34)cc(F)c2n1. The minimum absolute atomic E-state index is 0.0458. The predicted octanol–water partition coefficient (Wildman–Crippen LogP) is 4.36. The van der Waals surface area contributed by atoms with E-state index < -0.39 is 21.4 Å². The highest BCUT2D eigenvalue weighted by Gasteiger charge is 2.36. The molecule has 0 radical (unpaired) electrons. The van der Waals surface area contributed by atoms with Gasteiger partial charge in [0.25, 0.3) is 10.0 Å². The zero-order chi connectivity index (χ0) is 29.0. The Morgan fingerprint density at radius 2 is 1.73 bits per heavy atom. The maximum absolute atomic E-state index is 14.6. The van der Waals surface area contributed by atoms with Crippen LogP contribution in [0.1, 0.15) is 40.3 Å². The van der Waals surface area contributed by atoms with Gasteiger partial charge in [0.1, 0.15) is 21.5 Å². The molecule has 11 nitrogen and oxygen atoms in total. The molecule has 13 heteroatoms. The van der Waals surface area contributed by atoms with Gasteiger partial charge < -0.3 is 14.0 Å². The quantitative estimate of drug-likeness (QED) is 0.385. The molecule has 1 amide bonds. The van der Waals surface area contributed by atoms with E-state index in [1.54, 1.807) is 24.1 Å². The number of halogens is 1. The number of carbonyl (C=O) groups is 1. The molecular formula is C27H32FN7O4S. The van der Waals surface area contributed by atoms with E-state index >= 15 is 0 Å². The molecule has 3 aromatic heterocycles. The first-order valence-electron chi connectivity index (χ1n) is 12.9. The fourth-order valence-corrected chi connectivity index (χ4v) is 6.31. The number of ether oxygens (including phenoxy) is 1. The van der Waals surface area contributed by atoms with Crippen molar-refractivity contribution in [2.24, 2.45) is 0 Å². The molecule has 40 heavy (non-hydrogen) atoms. The van der Waals surface area contributed by atoms with Gasteiger partial charge in [0.2, 0.25) is 0 Å². The molecule has 4 aromatic rings. The molecule has 0 bridgehead atoms. The number of imidazole rings is 1. The second-order valence-electron chi connectivity index (χ2n) is 11.1. The van der Waals surface area contributed by atoms with E-state index in [0.29, 0.717) is 30.0 Å². The zero-order valence-corrected chi connectivity index (χ0v) is 24.0. The lowest BCUT2D eigenvalue weighted by Gasteiger charge is -2.45. The Kier molecular flexibility index (Phi) is 6.81. The molecule has 0 saturated carbocycles. The molecule has 0 spiro atoms. The molecule has 1 aliphatic rings. The Balaban J connectivity index is 1.46. The summed E-state index contributed by atoms with van der Waals surface area (Å²) >= 11 is 0. The smallest absolute Gasteiger partial charge is 0.410 e. The lowest BCUT2D eigenvalue weighted by Crippen LogP contribution is -2.59. The Morgan fingerprint density at radius 3 is 2.38 bits per heavy atom. The van der Waals surface area contributed by atoms with E-state index in [2.05, 4.69) is 24.6 Å². The molecule has 1 N–H and O–H groups in total. The molecule has 2 atom stereocenters. The van der Waals surface area contributed by atoms with Crippen LogP contribution >= 0.6 is 0 Å². The monoisotopic (exact) mass is 569 g/mol. The van der Waals surface area contributed by atoms with Gasteiger partial charge in [-0.3, -0.25) is 19.6 Å². The van der Waals surface area contributed by atoms with Crippen LogP contribution in [0.25, 0.3) is 16.7 Å². The van der Waals surface area contributed by atoms with Crippen LogP contribution in [0.2, 0.25) is 0 Å². The lowest BCUT2D eigenvalue weighted by atomic mass is 10.1. The van der Waals surface area contributed by atoms with Crippen molar-refractivity contribution < 1.29 is 22.3 Å². The second-order valence-corrected chi connectivity index (χ2v) is 12.8. The molecule has 1 saturated heterocycles. The summed E-state index contributed by atoms with van der Waals surface area (Å²) < 4.78 is 51.1. The van der Waals surface area contributed by atoms with Crippen LogP contribution in [-0.4, -0.2) is 69.5 Å². The molecule has 1 aromatic carbocycles. The highest BCUT2D eigenvalue weighted by Crippen LogP contribution is 2.33. The van der Waals surface area contributed by atoms with Crippen molar-refractivity contribution in [3.63, 3.8) is 0 Å². The van der Waals surface area contributed by atoms with Crippen LogP contribution in [-0.2, 0) is 14.8 Å². The van der Waals surface area contributed by atoms with Gasteiger partial charge in [-0.25, -0.2) is 22.6 Å². The van der Waals surface area contributed by atoms with Gasteiger partial charge in [-0.15, -0.1) is 0 Å². The number of sulfonamides is 1. The summed E-state index contributed by atoms with van der Waals surface area (Å²) in [4.78, 5) is 29.5. The highest BCUT2D eigenvalue weighted by atomic mass is 32.2. The summed E-state index contributed by atoms with van der Waals surface area (Å²) in [6.45, 7) is 12.1. The summed E-state index contributed by atoms with van der Waals surface area (Å²) in [5, 5.41) is 0. The van der Waals surface area contributed by atoms with E-state index in [1.165, 1.54) is 29.1 Å². The topological polar surface area (TPSA) is 122 Å². The number of pyridine rings is 1. The number of aryl methyl sites for hydroxylation is 1. The molecule has 0 unspecified atom stereocenters. The van der Waals surface area contributed by atoms with Gasteiger partial charge in [-0.1, -0.05) is 0 Å². The van der Waals surface area contributed by atoms with E-state index in [9.17, 15) is 17.6 Å². The van der Waals surface area contributed by atoms with Crippen molar-refractivity contribution >= 4 is 44.2 Å². The molecule has 1 aliphatic heterocycles.